The monoisotopic (exact) mass is 356 g/mol. The summed E-state index contributed by atoms with van der Waals surface area (Å²) in [6, 6.07) is 10.5. The second-order valence-electron chi connectivity index (χ2n) is 4.34. The fourth-order valence-corrected chi connectivity index (χ4v) is 4.22. The van der Waals surface area contributed by atoms with Crippen molar-refractivity contribution in [3.05, 3.63) is 53.1 Å². The Morgan fingerprint density at radius 1 is 1.18 bits per heavy atom. The van der Waals surface area contributed by atoms with E-state index in [0.717, 1.165) is 0 Å². The molecule has 0 spiro atoms. The van der Waals surface area contributed by atoms with Gasteiger partial charge in [-0.2, -0.15) is 0 Å². The number of halogens is 1. The first-order chi connectivity index (χ1) is 10.3. The number of nitrogens with two attached hydrogens (primary N) is 1. The Morgan fingerprint density at radius 2 is 1.82 bits per heavy atom. The molecule has 2 aromatic rings. The Bertz CT molecular complexity index is 805. The number of carbonyl (C=O) groups is 1. The van der Waals surface area contributed by atoms with Crippen LogP contribution in [0.4, 0.5) is 5.69 Å². The molecule has 22 heavy (non-hydrogen) atoms. The van der Waals surface area contributed by atoms with E-state index in [1.165, 1.54) is 42.1 Å². The van der Waals surface area contributed by atoms with E-state index in [9.17, 15) is 13.2 Å². The summed E-state index contributed by atoms with van der Waals surface area (Å²) in [5.74, 6) is -0.575. The largest absolute Gasteiger partial charge is 0.366 e. The molecule has 0 radical (unpaired) electrons. The predicted octanol–water partition coefficient (Wildman–Crippen LogP) is 2.96. The molecule has 0 aromatic heterocycles. The molecular formula is C14H13ClN2O3S2. The summed E-state index contributed by atoms with van der Waals surface area (Å²) in [5, 5.41) is 0.335. The van der Waals surface area contributed by atoms with E-state index >= 15 is 0 Å². The molecule has 3 N–H and O–H groups in total. The van der Waals surface area contributed by atoms with Gasteiger partial charge in [-0.25, -0.2) is 8.42 Å². The average Bonchev–Trinajstić information content (AvgIpc) is 2.47. The fourth-order valence-electron chi connectivity index (χ4n) is 1.77. The van der Waals surface area contributed by atoms with Crippen molar-refractivity contribution in [3.8, 4) is 0 Å². The zero-order chi connectivity index (χ0) is 16.3. The highest BCUT2D eigenvalue weighted by Crippen LogP contribution is 2.29. The Balaban J connectivity index is 2.35. The number of hydrogen-bond acceptors (Lipinski definition) is 4. The van der Waals surface area contributed by atoms with Crippen LogP contribution in [0.2, 0.25) is 5.02 Å². The summed E-state index contributed by atoms with van der Waals surface area (Å²) in [4.78, 5) is 11.7. The molecular weight excluding hydrogens is 344 g/mol. The minimum atomic E-state index is -3.78. The number of carbonyl (C=O) groups excluding carboxylic acids is 1. The van der Waals surface area contributed by atoms with E-state index in [2.05, 4.69) is 4.72 Å². The summed E-state index contributed by atoms with van der Waals surface area (Å²) in [5.41, 5.74) is 5.77. The minimum Gasteiger partial charge on any atom is -0.366 e. The molecule has 116 valence electrons. The highest BCUT2D eigenvalue weighted by molar-refractivity contribution is 7.99. The van der Waals surface area contributed by atoms with E-state index in [1.807, 2.05) is 0 Å². The molecule has 8 heteroatoms. The molecule has 1 amide bonds. The second kappa shape index (κ2) is 6.60. The van der Waals surface area contributed by atoms with Crippen LogP contribution in [-0.2, 0) is 10.0 Å². The first kappa shape index (κ1) is 16.7. The number of rotatable bonds is 5. The van der Waals surface area contributed by atoms with Crippen molar-refractivity contribution in [2.75, 3.05) is 11.0 Å². The summed E-state index contributed by atoms with van der Waals surface area (Å²) >= 11 is 7.19. The van der Waals surface area contributed by atoms with Crippen LogP contribution >= 0.6 is 23.4 Å². The molecule has 0 unspecified atom stereocenters. The molecule has 0 aliphatic heterocycles. The number of anilines is 1. The van der Waals surface area contributed by atoms with Crippen molar-refractivity contribution in [2.24, 2.45) is 5.73 Å². The highest BCUT2D eigenvalue weighted by Gasteiger charge is 2.19. The Morgan fingerprint density at radius 3 is 2.36 bits per heavy atom. The normalized spacial score (nSPS) is 11.2. The predicted molar refractivity (Wildman–Crippen MR) is 89.0 cm³/mol. The first-order valence-corrected chi connectivity index (χ1v) is 9.18. The minimum absolute atomic E-state index is 0.103. The van der Waals surface area contributed by atoms with Crippen LogP contribution in [0, 0.1) is 0 Å². The molecule has 0 aliphatic carbocycles. The molecule has 0 aliphatic rings. The van der Waals surface area contributed by atoms with Crippen molar-refractivity contribution >= 4 is 45.0 Å². The zero-order valence-corrected chi connectivity index (χ0v) is 13.9. The number of thioether (sulfide) groups is 1. The lowest BCUT2D eigenvalue weighted by molar-refractivity contribution is 0.100. The number of benzene rings is 2. The van der Waals surface area contributed by atoms with E-state index in [0.29, 0.717) is 21.2 Å². The van der Waals surface area contributed by atoms with Crippen LogP contribution in [0.15, 0.2) is 52.3 Å². The summed E-state index contributed by atoms with van der Waals surface area (Å²) in [7, 11) is -3.78. The lowest BCUT2D eigenvalue weighted by atomic mass is 10.2. The fraction of sp³-hybridized carbons (Fsp3) is 0.0714. The maximum Gasteiger partial charge on any atom is 0.263 e. The van der Waals surface area contributed by atoms with Gasteiger partial charge in [0.15, 0.2) is 0 Å². The van der Waals surface area contributed by atoms with Crippen LogP contribution < -0.4 is 10.5 Å². The zero-order valence-electron chi connectivity index (χ0n) is 11.5. The van der Waals surface area contributed by atoms with Gasteiger partial charge in [-0.05, 0) is 48.7 Å². The number of primary amides is 1. The highest BCUT2D eigenvalue weighted by atomic mass is 35.5. The molecule has 5 nitrogen and oxygen atoms in total. The molecule has 0 heterocycles. The number of sulfonamides is 1. The van der Waals surface area contributed by atoms with Crippen molar-refractivity contribution in [2.45, 2.75) is 9.79 Å². The summed E-state index contributed by atoms with van der Waals surface area (Å²) < 4.78 is 27.4. The van der Waals surface area contributed by atoms with Gasteiger partial charge in [-0.15, -0.1) is 11.8 Å². The Kier molecular flexibility index (Phi) is 5.00. The van der Waals surface area contributed by atoms with Crippen molar-refractivity contribution < 1.29 is 13.2 Å². The lowest BCUT2D eigenvalue weighted by Crippen LogP contribution is -2.15. The lowest BCUT2D eigenvalue weighted by Gasteiger charge is -2.11. The van der Waals surface area contributed by atoms with Gasteiger partial charge in [-0.3, -0.25) is 9.52 Å². The molecule has 0 atom stereocenters. The quantitative estimate of drug-likeness (QED) is 0.806. The molecule has 2 aromatic carbocycles. The topological polar surface area (TPSA) is 89.3 Å². The number of nitrogens with one attached hydrogen (secondary N) is 1. The molecule has 0 bridgehead atoms. The van der Waals surface area contributed by atoms with Crippen LogP contribution in [0.1, 0.15) is 10.4 Å². The van der Waals surface area contributed by atoms with Gasteiger partial charge in [0.1, 0.15) is 4.90 Å². The van der Waals surface area contributed by atoms with Gasteiger partial charge in [0.25, 0.3) is 10.0 Å². The molecule has 2 rings (SSSR count). The van der Waals surface area contributed by atoms with Crippen LogP contribution in [0.25, 0.3) is 0 Å². The Hall–Kier alpha value is -1.70. The Labute approximate surface area is 137 Å². The maximum atomic E-state index is 12.5. The SMILES string of the molecule is CSc1ccc(Cl)cc1S(=O)(=O)Nc1ccc(C(N)=O)cc1. The van der Waals surface area contributed by atoms with Gasteiger partial charge in [0.2, 0.25) is 5.91 Å². The molecule has 0 fully saturated rings. The van der Waals surface area contributed by atoms with E-state index < -0.39 is 15.9 Å². The summed E-state index contributed by atoms with van der Waals surface area (Å²) in [6.07, 6.45) is 1.78. The van der Waals surface area contributed by atoms with Crippen LogP contribution in [0.3, 0.4) is 0 Å². The van der Waals surface area contributed by atoms with Crippen LogP contribution in [0.5, 0.6) is 0 Å². The van der Waals surface area contributed by atoms with Crippen molar-refractivity contribution in [1.82, 2.24) is 0 Å². The third-order valence-electron chi connectivity index (χ3n) is 2.84. The average molecular weight is 357 g/mol. The van der Waals surface area contributed by atoms with Gasteiger partial charge >= 0.3 is 0 Å². The summed E-state index contributed by atoms with van der Waals surface area (Å²) in [6.45, 7) is 0. The standard InChI is InChI=1S/C14H13ClN2O3S2/c1-21-12-7-4-10(15)8-13(12)22(19,20)17-11-5-2-9(3-6-11)14(16)18/h2-8,17H,1H3,(H2,16,18). The van der Waals surface area contributed by atoms with Crippen LogP contribution in [-0.4, -0.2) is 20.6 Å². The van der Waals surface area contributed by atoms with E-state index in [-0.39, 0.29) is 4.90 Å². The molecule has 0 saturated heterocycles. The maximum absolute atomic E-state index is 12.5. The van der Waals surface area contributed by atoms with Gasteiger partial charge < -0.3 is 5.73 Å². The molecule has 0 saturated carbocycles. The van der Waals surface area contributed by atoms with Gasteiger partial charge in [-0.1, -0.05) is 11.6 Å². The van der Waals surface area contributed by atoms with Crippen molar-refractivity contribution in [3.63, 3.8) is 0 Å². The van der Waals surface area contributed by atoms with E-state index in [1.54, 1.807) is 18.4 Å². The van der Waals surface area contributed by atoms with Gasteiger partial charge in [0, 0.05) is 21.2 Å². The number of amides is 1. The number of hydrogen-bond donors (Lipinski definition) is 2. The first-order valence-electron chi connectivity index (χ1n) is 6.10. The van der Waals surface area contributed by atoms with E-state index in [4.69, 9.17) is 17.3 Å². The smallest absolute Gasteiger partial charge is 0.263 e. The third kappa shape index (κ3) is 3.73. The third-order valence-corrected chi connectivity index (χ3v) is 5.42. The van der Waals surface area contributed by atoms with Gasteiger partial charge in [0.05, 0.1) is 0 Å². The second-order valence-corrected chi connectivity index (χ2v) is 7.28. The van der Waals surface area contributed by atoms with Crippen molar-refractivity contribution in [1.29, 1.82) is 0 Å².